The van der Waals surface area contributed by atoms with Gasteiger partial charge >= 0.3 is 5.97 Å². The van der Waals surface area contributed by atoms with E-state index in [-0.39, 0.29) is 30.0 Å². The number of hydrogen-bond donors (Lipinski definition) is 2. The first-order valence-electron chi connectivity index (χ1n) is 7.86. The average molecular weight is 321 g/mol. The largest absolute Gasteiger partial charge is 0.478 e. The van der Waals surface area contributed by atoms with E-state index in [1.807, 2.05) is 6.92 Å². The van der Waals surface area contributed by atoms with Crippen LogP contribution in [0.25, 0.3) is 0 Å². The number of rotatable bonds is 8. The Morgan fingerprint density at radius 3 is 2.91 bits per heavy atom. The van der Waals surface area contributed by atoms with Gasteiger partial charge in [-0.15, -0.1) is 0 Å². The number of ether oxygens (including phenoxy) is 2. The summed E-state index contributed by atoms with van der Waals surface area (Å²) in [6.45, 7) is 3.69. The van der Waals surface area contributed by atoms with Crippen LogP contribution in [0.4, 0.5) is 0 Å². The first-order chi connectivity index (χ1) is 11.1. The van der Waals surface area contributed by atoms with Gasteiger partial charge in [0.25, 0.3) is 0 Å². The molecular formula is C17H23NO5. The van der Waals surface area contributed by atoms with Crippen LogP contribution in [0.1, 0.15) is 35.7 Å². The van der Waals surface area contributed by atoms with Crippen molar-refractivity contribution in [1.29, 1.82) is 0 Å². The van der Waals surface area contributed by atoms with Crippen molar-refractivity contribution in [2.24, 2.45) is 0 Å². The summed E-state index contributed by atoms with van der Waals surface area (Å²) in [6, 6.07) is 6.66. The number of carbonyl (C=O) groups is 2. The van der Waals surface area contributed by atoms with E-state index in [0.717, 1.165) is 13.0 Å². The molecule has 0 aromatic heterocycles. The van der Waals surface area contributed by atoms with Gasteiger partial charge in [0, 0.05) is 19.1 Å². The molecule has 1 aromatic rings. The lowest BCUT2D eigenvalue weighted by atomic mass is 10.0. The number of aromatic carboxylic acids is 1. The molecule has 0 saturated carbocycles. The zero-order valence-corrected chi connectivity index (χ0v) is 13.3. The molecule has 1 aromatic carbocycles. The lowest BCUT2D eigenvalue weighted by Crippen LogP contribution is -2.37. The Bertz CT molecular complexity index is 540. The Labute approximate surface area is 135 Å². The van der Waals surface area contributed by atoms with E-state index in [2.05, 4.69) is 5.32 Å². The number of aryl methyl sites for hydroxylation is 1. The van der Waals surface area contributed by atoms with E-state index < -0.39 is 5.97 Å². The molecule has 6 nitrogen and oxygen atoms in total. The first kappa shape index (κ1) is 17.4. The summed E-state index contributed by atoms with van der Waals surface area (Å²) in [7, 11) is 0. The number of carbonyl (C=O) groups excluding carboxylic acids is 1. The van der Waals surface area contributed by atoms with Gasteiger partial charge in [-0.1, -0.05) is 18.2 Å². The smallest absolute Gasteiger partial charge is 0.335 e. The molecular weight excluding hydrogens is 298 g/mol. The summed E-state index contributed by atoms with van der Waals surface area (Å²) in [5, 5.41) is 12.0. The number of benzene rings is 1. The summed E-state index contributed by atoms with van der Waals surface area (Å²) in [5.74, 6) is -1.08. The molecule has 2 rings (SSSR count). The third-order valence-corrected chi connectivity index (χ3v) is 3.75. The molecule has 0 aliphatic carbocycles. The number of nitrogens with one attached hydrogen (secondary N) is 1. The SMILES string of the molecule is CC(COC1CCOC1)NC(=O)CCc1ccccc1C(=O)O. The fourth-order valence-electron chi connectivity index (χ4n) is 2.51. The summed E-state index contributed by atoms with van der Waals surface area (Å²) < 4.78 is 10.9. The van der Waals surface area contributed by atoms with Crippen LogP contribution < -0.4 is 5.32 Å². The highest BCUT2D eigenvalue weighted by molar-refractivity contribution is 5.89. The van der Waals surface area contributed by atoms with Crippen LogP contribution in [-0.4, -0.2) is 48.9 Å². The quantitative estimate of drug-likeness (QED) is 0.760. The normalized spacial score (nSPS) is 18.6. The van der Waals surface area contributed by atoms with Crippen LogP contribution in [-0.2, 0) is 20.7 Å². The van der Waals surface area contributed by atoms with Crippen molar-refractivity contribution in [1.82, 2.24) is 5.32 Å². The molecule has 6 heteroatoms. The van der Waals surface area contributed by atoms with Gasteiger partial charge in [-0.2, -0.15) is 0 Å². The van der Waals surface area contributed by atoms with E-state index >= 15 is 0 Å². The minimum Gasteiger partial charge on any atom is -0.478 e. The first-order valence-corrected chi connectivity index (χ1v) is 7.86. The molecule has 0 radical (unpaired) electrons. The molecule has 0 bridgehead atoms. The minimum absolute atomic E-state index is 0.0854. The molecule has 1 fully saturated rings. The standard InChI is InChI=1S/C17H23NO5/c1-12(10-23-14-8-9-22-11-14)18-16(19)7-6-13-4-2-3-5-15(13)17(20)21/h2-5,12,14H,6-11H2,1H3,(H,18,19)(H,20,21). The topological polar surface area (TPSA) is 84.9 Å². The third-order valence-electron chi connectivity index (χ3n) is 3.75. The molecule has 1 saturated heterocycles. The van der Waals surface area contributed by atoms with Crippen molar-refractivity contribution in [3.63, 3.8) is 0 Å². The van der Waals surface area contributed by atoms with Crippen molar-refractivity contribution < 1.29 is 24.2 Å². The van der Waals surface area contributed by atoms with Crippen LogP contribution in [0.5, 0.6) is 0 Å². The Morgan fingerprint density at radius 1 is 1.43 bits per heavy atom. The van der Waals surface area contributed by atoms with Crippen LogP contribution in [0, 0.1) is 0 Å². The Hall–Kier alpha value is -1.92. The molecule has 1 amide bonds. The molecule has 2 N–H and O–H groups in total. The second-order valence-corrected chi connectivity index (χ2v) is 5.75. The summed E-state index contributed by atoms with van der Waals surface area (Å²) in [5.41, 5.74) is 0.917. The average Bonchev–Trinajstić information content (AvgIpc) is 3.04. The highest BCUT2D eigenvalue weighted by atomic mass is 16.5. The lowest BCUT2D eigenvalue weighted by molar-refractivity contribution is -0.122. The van der Waals surface area contributed by atoms with E-state index in [0.29, 0.717) is 25.2 Å². The second-order valence-electron chi connectivity index (χ2n) is 5.75. The van der Waals surface area contributed by atoms with Crippen molar-refractivity contribution >= 4 is 11.9 Å². The molecule has 2 unspecified atom stereocenters. The summed E-state index contributed by atoms with van der Waals surface area (Å²) in [4.78, 5) is 23.1. The Kier molecular flexibility index (Phi) is 6.55. The van der Waals surface area contributed by atoms with E-state index in [4.69, 9.17) is 14.6 Å². The third kappa shape index (κ3) is 5.65. The van der Waals surface area contributed by atoms with Gasteiger partial charge in [0.1, 0.15) is 0 Å². The van der Waals surface area contributed by atoms with Crippen molar-refractivity contribution in [3.8, 4) is 0 Å². The number of carboxylic acid groups (broad SMARTS) is 1. The molecule has 2 atom stereocenters. The lowest BCUT2D eigenvalue weighted by Gasteiger charge is -2.17. The Balaban J connectivity index is 1.73. The summed E-state index contributed by atoms with van der Waals surface area (Å²) >= 11 is 0. The Morgan fingerprint density at radius 2 is 2.22 bits per heavy atom. The fraction of sp³-hybridized carbons (Fsp3) is 0.529. The highest BCUT2D eigenvalue weighted by Gasteiger charge is 2.18. The van der Waals surface area contributed by atoms with E-state index in [1.165, 1.54) is 0 Å². The maximum Gasteiger partial charge on any atom is 0.335 e. The van der Waals surface area contributed by atoms with Crippen molar-refractivity contribution in [2.75, 3.05) is 19.8 Å². The van der Waals surface area contributed by atoms with Crippen LogP contribution >= 0.6 is 0 Å². The second kappa shape index (κ2) is 8.64. The van der Waals surface area contributed by atoms with Gasteiger partial charge in [0.2, 0.25) is 5.91 Å². The van der Waals surface area contributed by atoms with E-state index in [9.17, 15) is 9.59 Å². The highest BCUT2D eigenvalue weighted by Crippen LogP contribution is 2.11. The van der Waals surface area contributed by atoms with Crippen LogP contribution in [0.15, 0.2) is 24.3 Å². The van der Waals surface area contributed by atoms with Gasteiger partial charge < -0.3 is 19.9 Å². The molecule has 1 aliphatic rings. The zero-order valence-electron chi connectivity index (χ0n) is 13.3. The number of carboxylic acids is 1. The van der Waals surface area contributed by atoms with Gasteiger partial charge in [-0.3, -0.25) is 4.79 Å². The number of hydrogen-bond acceptors (Lipinski definition) is 4. The molecule has 23 heavy (non-hydrogen) atoms. The van der Waals surface area contributed by atoms with Crippen molar-refractivity contribution in [3.05, 3.63) is 35.4 Å². The number of amides is 1. The predicted octanol–water partition coefficient (Wildman–Crippen LogP) is 1.63. The van der Waals surface area contributed by atoms with Gasteiger partial charge in [0.15, 0.2) is 0 Å². The maximum absolute atomic E-state index is 12.0. The molecule has 1 heterocycles. The van der Waals surface area contributed by atoms with Gasteiger partial charge in [-0.05, 0) is 31.4 Å². The summed E-state index contributed by atoms with van der Waals surface area (Å²) in [6.07, 6.45) is 1.67. The van der Waals surface area contributed by atoms with E-state index in [1.54, 1.807) is 24.3 Å². The minimum atomic E-state index is -0.971. The van der Waals surface area contributed by atoms with Crippen LogP contribution in [0.3, 0.4) is 0 Å². The predicted molar refractivity (Wildman–Crippen MR) is 84.5 cm³/mol. The molecule has 126 valence electrons. The van der Waals surface area contributed by atoms with Crippen molar-refractivity contribution in [2.45, 2.75) is 38.3 Å². The zero-order chi connectivity index (χ0) is 16.7. The van der Waals surface area contributed by atoms with Crippen LogP contribution in [0.2, 0.25) is 0 Å². The fourth-order valence-corrected chi connectivity index (χ4v) is 2.51. The van der Waals surface area contributed by atoms with Gasteiger partial charge in [-0.25, -0.2) is 4.79 Å². The molecule has 0 spiro atoms. The monoisotopic (exact) mass is 321 g/mol. The molecule has 1 aliphatic heterocycles. The van der Waals surface area contributed by atoms with Gasteiger partial charge in [0.05, 0.1) is 24.9 Å². The maximum atomic E-state index is 12.0.